The van der Waals surface area contributed by atoms with E-state index in [2.05, 4.69) is 24.5 Å². The number of anilines is 1. The van der Waals surface area contributed by atoms with Crippen molar-refractivity contribution < 1.29 is 4.79 Å². The van der Waals surface area contributed by atoms with Crippen LogP contribution in [0.25, 0.3) is 0 Å². The van der Waals surface area contributed by atoms with Gasteiger partial charge in [0.05, 0.1) is 5.56 Å². The molecule has 1 aromatic carbocycles. The SMILES string of the molecule is CCCNc1cc(C)ccc1C(=O)NC(C)C1CC1. The average Bonchev–Trinajstić information content (AvgIpc) is 3.20. The second-order valence-electron chi connectivity index (χ2n) is 5.58. The lowest BCUT2D eigenvalue weighted by atomic mass is 10.1. The summed E-state index contributed by atoms with van der Waals surface area (Å²) >= 11 is 0. The normalized spacial score (nSPS) is 15.9. The van der Waals surface area contributed by atoms with E-state index in [9.17, 15) is 4.79 Å². The van der Waals surface area contributed by atoms with Crippen LogP contribution in [-0.2, 0) is 0 Å². The molecule has 1 amide bonds. The molecule has 1 aliphatic rings. The highest BCUT2D eigenvalue weighted by atomic mass is 16.1. The van der Waals surface area contributed by atoms with Crippen molar-refractivity contribution in [2.24, 2.45) is 5.92 Å². The molecule has 0 heterocycles. The van der Waals surface area contributed by atoms with E-state index in [1.54, 1.807) is 0 Å². The van der Waals surface area contributed by atoms with Crippen LogP contribution in [0.4, 0.5) is 5.69 Å². The van der Waals surface area contributed by atoms with Crippen molar-refractivity contribution in [3.63, 3.8) is 0 Å². The van der Waals surface area contributed by atoms with Crippen molar-refractivity contribution >= 4 is 11.6 Å². The second kappa shape index (κ2) is 6.09. The first-order valence-electron chi connectivity index (χ1n) is 7.27. The maximum absolute atomic E-state index is 12.3. The Bertz CT molecular complexity index is 452. The zero-order chi connectivity index (χ0) is 13.8. The van der Waals surface area contributed by atoms with Gasteiger partial charge in [-0.3, -0.25) is 4.79 Å². The molecule has 1 unspecified atom stereocenters. The van der Waals surface area contributed by atoms with Crippen LogP contribution in [0, 0.1) is 12.8 Å². The first kappa shape index (κ1) is 13.9. The van der Waals surface area contributed by atoms with E-state index in [1.807, 2.05) is 25.1 Å². The fourth-order valence-corrected chi connectivity index (χ4v) is 2.26. The van der Waals surface area contributed by atoms with Crippen LogP contribution in [0.15, 0.2) is 18.2 Å². The Morgan fingerprint density at radius 3 is 2.79 bits per heavy atom. The number of nitrogens with one attached hydrogen (secondary N) is 2. The number of hydrogen-bond acceptors (Lipinski definition) is 2. The van der Waals surface area contributed by atoms with Gasteiger partial charge >= 0.3 is 0 Å². The monoisotopic (exact) mass is 260 g/mol. The Kier molecular flexibility index (Phi) is 4.46. The van der Waals surface area contributed by atoms with Gasteiger partial charge in [-0.1, -0.05) is 13.0 Å². The van der Waals surface area contributed by atoms with E-state index in [4.69, 9.17) is 0 Å². The minimum absolute atomic E-state index is 0.0398. The second-order valence-corrected chi connectivity index (χ2v) is 5.58. The predicted octanol–water partition coefficient (Wildman–Crippen LogP) is 3.35. The summed E-state index contributed by atoms with van der Waals surface area (Å²) in [7, 11) is 0. The highest BCUT2D eigenvalue weighted by molar-refractivity contribution is 5.99. The van der Waals surface area contributed by atoms with Crippen molar-refractivity contribution in [1.29, 1.82) is 0 Å². The van der Waals surface area contributed by atoms with Crippen molar-refractivity contribution in [2.75, 3.05) is 11.9 Å². The maximum Gasteiger partial charge on any atom is 0.253 e. The molecule has 2 rings (SSSR count). The molecule has 1 aromatic rings. The molecule has 104 valence electrons. The van der Waals surface area contributed by atoms with E-state index in [0.29, 0.717) is 5.92 Å². The van der Waals surface area contributed by atoms with Crippen LogP contribution < -0.4 is 10.6 Å². The number of aryl methyl sites for hydroxylation is 1. The maximum atomic E-state index is 12.3. The summed E-state index contributed by atoms with van der Waals surface area (Å²) in [6, 6.07) is 6.25. The third-order valence-electron chi connectivity index (χ3n) is 3.67. The van der Waals surface area contributed by atoms with Gasteiger partial charge in [0.1, 0.15) is 0 Å². The zero-order valence-corrected chi connectivity index (χ0v) is 12.1. The van der Waals surface area contributed by atoms with Crippen LogP contribution >= 0.6 is 0 Å². The van der Waals surface area contributed by atoms with E-state index >= 15 is 0 Å². The molecule has 2 N–H and O–H groups in total. The van der Waals surface area contributed by atoms with Crippen molar-refractivity contribution in [2.45, 2.75) is 46.1 Å². The smallest absolute Gasteiger partial charge is 0.253 e. The minimum atomic E-state index is 0.0398. The quantitative estimate of drug-likeness (QED) is 0.823. The third-order valence-corrected chi connectivity index (χ3v) is 3.67. The van der Waals surface area contributed by atoms with Gasteiger partial charge in [-0.2, -0.15) is 0 Å². The van der Waals surface area contributed by atoms with Gasteiger partial charge < -0.3 is 10.6 Å². The van der Waals surface area contributed by atoms with Gasteiger partial charge in [0.15, 0.2) is 0 Å². The molecule has 19 heavy (non-hydrogen) atoms. The molecule has 0 aliphatic heterocycles. The largest absolute Gasteiger partial charge is 0.384 e. The van der Waals surface area contributed by atoms with E-state index < -0.39 is 0 Å². The number of amides is 1. The lowest BCUT2D eigenvalue weighted by Crippen LogP contribution is -2.34. The molecule has 3 heteroatoms. The first-order chi connectivity index (χ1) is 9.11. The van der Waals surface area contributed by atoms with Crippen molar-refractivity contribution in [3.05, 3.63) is 29.3 Å². The van der Waals surface area contributed by atoms with Crippen LogP contribution in [0.3, 0.4) is 0 Å². The van der Waals surface area contributed by atoms with Gasteiger partial charge in [-0.05, 0) is 56.7 Å². The molecular formula is C16H24N2O. The number of hydrogen-bond donors (Lipinski definition) is 2. The molecule has 0 bridgehead atoms. The molecular weight excluding hydrogens is 236 g/mol. The fourth-order valence-electron chi connectivity index (χ4n) is 2.26. The number of rotatable bonds is 6. The molecule has 1 aliphatic carbocycles. The summed E-state index contributed by atoms with van der Waals surface area (Å²) in [5, 5.41) is 6.46. The summed E-state index contributed by atoms with van der Waals surface area (Å²) in [6.45, 7) is 7.16. The summed E-state index contributed by atoms with van der Waals surface area (Å²) in [4.78, 5) is 12.3. The highest BCUT2D eigenvalue weighted by Crippen LogP contribution is 2.32. The van der Waals surface area contributed by atoms with Crippen LogP contribution in [0.2, 0.25) is 0 Å². The van der Waals surface area contributed by atoms with Crippen molar-refractivity contribution in [3.8, 4) is 0 Å². The number of carbonyl (C=O) groups is 1. The van der Waals surface area contributed by atoms with Crippen LogP contribution in [0.1, 0.15) is 49.0 Å². The van der Waals surface area contributed by atoms with Crippen molar-refractivity contribution in [1.82, 2.24) is 5.32 Å². The molecule has 1 fully saturated rings. The number of carbonyl (C=O) groups excluding carboxylic acids is 1. The molecule has 1 atom stereocenters. The topological polar surface area (TPSA) is 41.1 Å². The molecule has 0 saturated heterocycles. The summed E-state index contributed by atoms with van der Waals surface area (Å²) in [5.41, 5.74) is 2.87. The van der Waals surface area contributed by atoms with E-state index in [1.165, 1.54) is 18.4 Å². The van der Waals surface area contributed by atoms with Crippen LogP contribution in [-0.4, -0.2) is 18.5 Å². The van der Waals surface area contributed by atoms with Gasteiger partial charge in [-0.15, -0.1) is 0 Å². The Morgan fingerprint density at radius 1 is 1.42 bits per heavy atom. The van der Waals surface area contributed by atoms with Gasteiger partial charge in [-0.25, -0.2) is 0 Å². The van der Waals surface area contributed by atoms with Gasteiger partial charge in [0, 0.05) is 18.3 Å². The number of benzene rings is 1. The third kappa shape index (κ3) is 3.72. The van der Waals surface area contributed by atoms with Gasteiger partial charge in [0.25, 0.3) is 5.91 Å². The zero-order valence-electron chi connectivity index (χ0n) is 12.1. The molecule has 0 radical (unpaired) electrons. The lowest BCUT2D eigenvalue weighted by molar-refractivity contribution is 0.0936. The summed E-state index contributed by atoms with van der Waals surface area (Å²) < 4.78 is 0. The van der Waals surface area contributed by atoms with Gasteiger partial charge in [0.2, 0.25) is 0 Å². The Balaban J connectivity index is 2.09. The Morgan fingerprint density at radius 2 is 2.16 bits per heavy atom. The summed E-state index contributed by atoms with van der Waals surface area (Å²) in [6.07, 6.45) is 3.54. The molecule has 1 saturated carbocycles. The molecule has 0 aromatic heterocycles. The van der Waals surface area contributed by atoms with E-state index in [0.717, 1.165) is 24.2 Å². The predicted molar refractivity (Wildman–Crippen MR) is 79.6 cm³/mol. The highest BCUT2D eigenvalue weighted by Gasteiger charge is 2.29. The summed E-state index contributed by atoms with van der Waals surface area (Å²) in [5.74, 6) is 0.722. The molecule has 3 nitrogen and oxygen atoms in total. The molecule has 0 spiro atoms. The standard InChI is InChI=1S/C16H24N2O/c1-4-9-17-15-10-11(2)5-8-14(15)16(19)18-12(3)13-6-7-13/h5,8,10,12-13,17H,4,6-7,9H2,1-3H3,(H,18,19). The fraction of sp³-hybridized carbons (Fsp3) is 0.562. The first-order valence-corrected chi connectivity index (χ1v) is 7.27. The minimum Gasteiger partial charge on any atom is -0.384 e. The average molecular weight is 260 g/mol. The van der Waals surface area contributed by atoms with E-state index in [-0.39, 0.29) is 11.9 Å². The lowest BCUT2D eigenvalue weighted by Gasteiger charge is -2.16. The Labute approximate surface area is 115 Å². The van der Waals surface area contributed by atoms with Crippen LogP contribution in [0.5, 0.6) is 0 Å². The Hall–Kier alpha value is -1.51.